The fourth-order valence-electron chi connectivity index (χ4n) is 4.04. The Balaban J connectivity index is 0.000000817. The molecule has 2 aliphatic rings. The molecule has 0 aliphatic carbocycles. The van der Waals surface area contributed by atoms with Gasteiger partial charge in [0.2, 0.25) is 0 Å². The SMILES string of the molecule is COc1ccc(N)c(C(=N)C(=O)N(C)C2CC3CCC(C2)N3C)c1.O=CO. The number of hydrogen-bond acceptors (Lipinski definition) is 6. The molecule has 0 aromatic heterocycles. The molecule has 27 heavy (non-hydrogen) atoms. The molecular weight excluding hydrogens is 348 g/mol. The topological polar surface area (TPSA) is 120 Å². The molecule has 0 saturated carbocycles. The van der Waals surface area contributed by atoms with Gasteiger partial charge in [0.15, 0.2) is 0 Å². The van der Waals surface area contributed by atoms with Crippen LogP contribution in [0.4, 0.5) is 5.69 Å². The molecule has 2 heterocycles. The van der Waals surface area contributed by atoms with E-state index in [0.717, 1.165) is 12.8 Å². The molecule has 8 heteroatoms. The van der Waals surface area contributed by atoms with Crippen LogP contribution in [-0.4, -0.2) is 72.3 Å². The molecule has 2 saturated heterocycles. The number of carbonyl (C=O) groups is 2. The lowest BCUT2D eigenvalue weighted by Gasteiger charge is -2.40. The van der Waals surface area contributed by atoms with Crippen LogP contribution in [0, 0.1) is 5.41 Å². The molecule has 0 radical (unpaired) electrons. The lowest BCUT2D eigenvalue weighted by molar-refractivity contribution is -0.126. The fourth-order valence-corrected chi connectivity index (χ4v) is 4.04. The first-order valence-corrected chi connectivity index (χ1v) is 8.93. The summed E-state index contributed by atoms with van der Waals surface area (Å²) >= 11 is 0. The molecule has 148 valence electrons. The van der Waals surface area contributed by atoms with Gasteiger partial charge in [-0.2, -0.15) is 0 Å². The summed E-state index contributed by atoms with van der Waals surface area (Å²) in [5, 5.41) is 15.2. The van der Waals surface area contributed by atoms with E-state index in [0.29, 0.717) is 29.1 Å². The highest BCUT2D eigenvalue weighted by Gasteiger charge is 2.41. The second-order valence-corrected chi connectivity index (χ2v) is 7.03. The van der Waals surface area contributed by atoms with Crippen LogP contribution in [0.2, 0.25) is 0 Å². The van der Waals surface area contributed by atoms with Crippen molar-refractivity contribution < 1.29 is 19.4 Å². The number of benzene rings is 1. The molecule has 2 aliphatic heterocycles. The quantitative estimate of drug-likeness (QED) is 0.415. The van der Waals surface area contributed by atoms with Gasteiger partial charge in [0, 0.05) is 36.4 Å². The summed E-state index contributed by atoms with van der Waals surface area (Å²) in [6.45, 7) is -0.250. The van der Waals surface area contributed by atoms with Gasteiger partial charge in [-0.1, -0.05) is 0 Å². The van der Waals surface area contributed by atoms with Crippen molar-refractivity contribution >= 4 is 23.8 Å². The van der Waals surface area contributed by atoms with Gasteiger partial charge in [-0.3, -0.25) is 15.0 Å². The van der Waals surface area contributed by atoms with Crippen molar-refractivity contribution in [2.24, 2.45) is 0 Å². The molecule has 3 rings (SSSR count). The Morgan fingerprint density at radius 3 is 2.44 bits per heavy atom. The fraction of sp³-hybridized carbons (Fsp3) is 0.526. The highest BCUT2D eigenvalue weighted by molar-refractivity contribution is 6.45. The molecule has 2 unspecified atom stereocenters. The average Bonchev–Trinajstić information content (AvgIpc) is 2.87. The predicted molar refractivity (Wildman–Crippen MR) is 103 cm³/mol. The normalized spacial score (nSPS) is 23.7. The summed E-state index contributed by atoms with van der Waals surface area (Å²) in [5.74, 6) is 0.320. The number of hydrogen-bond donors (Lipinski definition) is 3. The maximum atomic E-state index is 12.8. The van der Waals surface area contributed by atoms with E-state index in [-0.39, 0.29) is 24.1 Å². The first kappa shape index (κ1) is 20.7. The zero-order chi connectivity index (χ0) is 20.1. The van der Waals surface area contributed by atoms with E-state index in [1.807, 2.05) is 7.05 Å². The number of carboxylic acid groups (broad SMARTS) is 1. The summed E-state index contributed by atoms with van der Waals surface area (Å²) in [6, 6.07) is 6.36. The third-order valence-electron chi connectivity index (χ3n) is 5.69. The second kappa shape index (κ2) is 8.85. The Bertz CT molecular complexity index is 695. The lowest BCUT2D eigenvalue weighted by Crippen LogP contribution is -2.50. The molecule has 2 fully saturated rings. The number of nitrogens with zero attached hydrogens (tertiary/aromatic N) is 2. The number of fused-ring (bicyclic) bond motifs is 2. The Hall–Kier alpha value is -2.61. The number of carbonyl (C=O) groups excluding carboxylic acids is 1. The standard InChI is InChI=1S/C18H26N4O2.CH2O2/c1-21-11-4-5-12(21)9-13(8-11)22(2)18(23)17(20)15-10-14(24-3)6-7-16(15)19;2-1-3/h6-7,10-13,20H,4-5,8-9,19H2,1-3H3;1H,(H,2,3). The van der Waals surface area contributed by atoms with Crippen molar-refractivity contribution in [2.75, 3.05) is 26.9 Å². The Morgan fingerprint density at radius 2 is 1.93 bits per heavy atom. The molecule has 2 atom stereocenters. The predicted octanol–water partition coefficient (Wildman–Crippen LogP) is 1.43. The highest BCUT2D eigenvalue weighted by atomic mass is 16.5. The van der Waals surface area contributed by atoms with Crippen molar-refractivity contribution in [1.29, 1.82) is 5.41 Å². The number of piperidine rings is 1. The molecule has 1 amide bonds. The Morgan fingerprint density at radius 1 is 1.37 bits per heavy atom. The van der Waals surface area contributed by atoms with E-state index < -0.39 is 0 Å². The van der Waals surface area contributed by atoms with Gasteiger partial charge in [0.05, 0.1) is 7.11 Å². The van der Waals surface area contributed by atoms with Gasteiger partial charge in [-0.05, 0) is 50.9 Å². The Labute approximate surface area is 159 Å². The van der Waals surface area contributed by atoms with Crippen LogP contribution >= 0.6 is 0 Å². The van der Waals surface area contributed by atoms with Crippen LogP contribution in [-0.2, 0) is 9.59 Å². The van der Waals surface area contributed by atoms with Gasteiger partial charge in [-0.15, -0.1) is 0 Å². The van der Waals surface area contributed by atoms with Crippen molar-refractivity contribution in [3.63, 3.8) is 0 Å². The van der Waals surface area contributed by atoms with E-state index in [4.69, 9.17) is 25.8 Å². The number of amides is 1. The smallest absolute Gasteiger partial charge is 0.290 e. The first-order chi connectivity index (χ1) is 12.8. The Kier molecular flexibility index (Phi) is 6.79. The maximum Gasteiger partial charge on any atom is 0.290 e. The summed E-state index contributed by atoms with van der Waals surface area (Å²) in [4.78, 5) is 25.3. The third-order valence-corrected chi connectivity index (χ3v) is 5.69. The molecular formula is C19H28N4O4. The minimum Gasteiger partial charge on any atom is -0.497 e. The molecule has 1 aromatic rings. The zero-order valence-electron chi connectivity index (χ0n) is 16.0. The number of methoxy groups -OCH3 is 1. The third kappa shape index (κ3) is 4.39. The van der Waals surface area contributed by atoms with E-state index >= 15 is 0 Å². The van der Waals surface area contributed by atoms with Crippen LogP contribution in [0.3, 0.4) is 0 Å². The van der Waals surface area contributed by atoms with Gasteiger partial charge in [-0.25, -0.2) is 0 Å². The van der Waals surface area contributed by atoms with E-state index in [1.165, 1.54) is 12.8 Å². The lowest BCUT2D eigenvalue weighted by atomic mass is 9.96. The van der Waals surface area contributed by atoms with E-state index in [9.17, 15) is 4.79 Å². The number of nitrogens with one attached hydrogen (secondary N) is 1. The van der Waals surface area contributed by atoms with Gasteiger partial charge in [0.1, 0.15) is 11.5 Å². The summed E-state index contributed by atoms with van der Waals surface area (Å²) in [5.41, 5.74) is 6.75. The summed E-state index contributed by atoms with van der Waals surface area (Å²) < 4.78 is 5.18. The van der Waals surface area contributed by atoms with E-state index in [2.05, 4.69) is 11.9 Å². The van der Waals surface area contributed by atoms with Crippen LogP contribution in [0.25, 0.3) is 0 Å². The minimum absolute atomic E-state index is 0.0693. The number of nitrogen functional groups attached to an aromatic ring is 1. The van der Waals surface area contributed by atoms with Crippen molar-refractivity contribution in [3.8, 4) is 5.75 Å². The number of nitrogens with two attached hydrogens (primary N) is 1. The van der Waals surface area contributed by atoms with Crippen molar-refractivity contribution in [2.45, 2.75) is 43.8 Å². The molecule has 1 aromatic carbocycles. The minimum atomic E-state index is -0.274. The van der Waals surface area contributed by atoms with Crippen LogP contribution in [0.5, 0.6) is 5.75 Å². The molecule has 0 spiro atoms. The largest absolute Gasteiger partial charge is 0.497 e. The van der Waals surface area contributed by atoms with Crippen molar-refractivity contribution in [1.82, 2.24) is 9.80 Å². The monoisotopic (exact) mass is 376 g/mol. The number of rotatable bonds is 4. The zero-order valence-corrected chi connectivity index (χ0v) is 16.0. The molecule has 2 bridgehead atoms. The highest BCUT2D eigenvalue weighted by Crippen LogP contribution is 2.36. The second-order valence-electron chi connectivity index (χ2n) is 7.03. The summed E-state index contributed by atoms with van der Waals surface area (Å²) in [6.07, 6.45) is 4.38. The first-order valence-electron chi connectivity index (χ1n) is 8.93. The number of anilines is 1. The van der Waals surface area contributed by atoms with Gasteiger partial charge >= 0.3 is 0 Å². The van der Waals surface area contributed by atoms with Gasteiger partial charge in [0.25, 0.3) is 12.4 Å². The van der Waals surface area contributed by atoms with E-state index in [1.54, 1.807) is 30.2 Å². The average molecular weight is 376 g/mol. The summed E-state index contributed by atoms with van der Waals surface area (Å²) in [7, 11) is 5.54. The van der Waals surface area contributed by atoms with Crippen molar-refractivity contribution in [3.05, 3.63) is 23.8 Å². The van der Waals surface area contributed by atoms with Gasteiger partial charge < -0.3 is 25.4 Å². The maximum absolute atomic E-state index is 12.8. The number of ether oxygens (including phenoxy) is 1. The number of likely N-dealkylation sites (N-methyl/N-ethyl adjacent to an activating group) is 1. The molecule has 8 nitrogen and oxygen atoms in total. The van der Waals surface area contributed by atoms with Crippen LogP contribution in [0.15, 0.2) is 18.2 Å². The molecule has 4 N–H and O–H groups in total. The van der Waals surface area contributed by atoms with Crippen LogP contribution in [0.1, 0.15) is 31.2 Å². The van der Waals surface area contributed by atoms with Crippen LogP contribution < -0.4 is 10.5 Å².